The lowest BCUT2D eigenvalue weighted by Gasteiger charge is -2.36. The van der Waals surface area contributed by atoms with Crippen LogP contribution in [0.15, 0.2) is 52.1 Å². The molecule has 1 saturated heterocycles. The summed E-state index contributed by atoms with van der Waals surface area (Å²) in [6.07, 6.45) is 5.49. The number of hydrogen-bond acceptors (Lipinski definition) is 10. The van der Waals surface area contributed by atoms with Gasteiger partial charge < -0.3 is 25.2 Å². The molecule has 0 spiro atoms. The average Bonchev–Trinajstić information content (AvgIpc) is 3.42. The molecule has 2 aromatic heterocycles. The number of halogens is 1. The van der Waals surface area contributed by atoms with E-state index in [0.717, 1.165) is 42.7 Å². The lowest BCUT2D eigenvalue weighted by molar-refractivity contribution is 0.249. The molecule has 5 rings (SSSR count). The third-order valence-electron chi connectivity index (χ3n) is 7.24. The van der Waals surface area contributed by atoms with Crippen LogP contribution in [0, 0.1) is 0 Å². The molecule has 0 unspecified atom stereocenters. The van der Waals surface area contributed by atoms with Crippen LogP contribution < -0.4 is 20.3 Å². The summed E-state index contributed by atoms with van der Waals surface area (Å²) in [6, 6.07) is 10.00. The maximum Gasteiger partial charge on any atom is 0.229 e. The molecular formula is C27H33BrN8O3S. The Balaban J connectivity index is 1.39. The van der Waals surface area contributed by atoms with Gasteiger partial charge in [-0.25, -0.2) is 13.4 Å². The number of benzene rings is 2. The van der Waals surface area contributed by atoms with Crippen LogP contribution in [0.3, 0.4) is 0 Å². The number of rotatable bonds is 9. The van der Waals surface area contributed by atoms with Crippen molar-refractivity contribution in [1.82, 2.24) is 25.1 Å². The Hall–Kier alpha value is -3.42. The second kappa shape index (κ2) is 11.6. The van der Waals surface area contributed by atoms with Gasteiger partial charge in [0, 0.05) is 42.5 Å². The first kappa shape index (κ1) is 28.1. The van der Waals surface area contributed by atoms with E-state index >= 15 is 0 Å². The van der Waals surface area contributed by atoms with Crippen molar-refractivity contribution in [2.75, 3.05) is 55.6 Å². The highest BCUT2D eigenvalue weighted by atomic mass is 79.9. The number of nitrogens with zero attached hydrogens (tertiary/aromatic N) is 5. The first-order chi connectivity index (χ1) is 19.2. The Morgan fingerprint density at radius 1 is 1.12 bits per heavy atom. The fourth-order valence-corrected chi connectivity index (χ4v) is 6.21. The highest BCUT2D eigenvalue weighted by Gasteiger charge is 2.22. The first-order valence-corrected chi connectivity index (χ1v) is 15.5. The minimum absolute atomic E-state index is 0.0392. The van der Waals surface area contributed by atoms with Crippen LogP contribution in [0.25, 0.3) is 10.9 Å². The van der Waals surface area contributed by atoms with Gasteiger partial charge in [-0.3, -0.25) is 5.10 Å². The van der Waals surface area contributed by atoms with Gasteiger partial charge in [0.15, 0.2) is 9.84 Å². The van der Waals surface area contributed by atoms with Crippen molar-refractivity contribution in [2.24, 2.45) is 0 Å². The van der Waals surface area contributed by atoms with Crippen molar-refractivity contribution in [2.45, 2.75) is 30.7 Å². The van der Waals surface area contributed by atoms with E-state index in [9.17, 15) is 8.42 Å². The van der Waals surface area contributed by atoms with Crippen molar-refractivity contribution in [3.05, 3.63) is 47.2 Å². The average molecular weight is 630 g/mol. The molecule has 4 aromatic rings. The number of nitrogens with one attached hydrogen (secondary N) is 3. The summed E-state index contributed by atoms with van der Waals surface area (Å²) in [4.78, 5) is 13.9. The quantitative estimate of drug-likeness (QED) is 0.234. The topological polar surface area (TPSA) is 128 Å². The highest BCUT2D eigenvalue weighted by Crippen LogP contribution is 2.35. The van der Waals surface area contributed by atoms with E-state index in [-0.39, 0.29) is 10.6 Å². The second-order valence-electron chi connectivity index (χ2n) is 9.92. The number of hydrogen-bond donors (Lipinski definition) is 3. The van der Waals surface area contributed by atoms with Gasteiger partial charge in [0.1, 0.15) is 11.6 Å². The van der Waals surface area contributed by atoms with E-state index in [4.69, 9.17) is 4.74 Å². The van der Waals surface area contributed by atoms with E-state index in [1.807, 2.05) is 12.1 Å². The van der Waals surface area contributed by atoms with Crippen LogP contribution >= 0.6 is 15.9 Å². The largest absolute Gasteiger partial charge is 0.494 e. The van der Waals surface area contributed by atoms with E-state index in [2.05, 4.69) is 76.7 Å². The fraction of sp³-hybridized carbons (Fsp3) is 0.370. The summed E-state index contributed by atoms with van der Waals surface area (Å²) in [5, 5.41) is 14.1. The number of anilines is 5. The van der Waals surface area contributed by atoms with E-state index < -0.39 is 9.84 Å². The van der Waals surface area contributed by atoms with Crippen LogP contribution in [-0.4, -0.2) is 79.6 Å². The Kier molecular flexibility index (Phi) is 8.15. The summed E-state index contributed by atoms with van der Waals surface area (Å²) in [6.45, 7) is 3.59. The predicted octanol–water partition coefficient (Wildman–Crippen LogP) is 4.94. The number of sulfone groups is 1. The summed E-state index contributed by atoms with van der Waals surface area (Å²) >= 11 is 3.49. The summed E-state index contributed by atoms with van der Waals surface area (Å²) < 4.78 is 32.0. The molecule has 1 aliphatic heterocycles. The molecule has 212 valence electrons. The molecule has 0 aliphatic carbocycles. The summed E-state index contributed by atoms with van der Waals surface area (Å²) in [7, 11) is 2.39. The van der Waals surface area contributed by atoms with Gasteiger partial charge >= 0.3 is 0 Å². The highest BCUT2D eigenvalue weighted by molar-refractivity contribution is 9.10. The van der Waals surface area contributed by atoms with Crippen molar-refractivity contribution in [1.29, 1.82) is 0 Å². The van der Waals surface area contributed by atoms with E-state index in [1.165, 1.54) is 0 Å². The van der Waals surface area contributed by atoms with E-state index in [1.54, 1.807) is 38.6 Å². The smallest absolute Gasteiger partial charge is 0.229 e. The monoisotopic (exact) mass is 628 g/mol. The molecule has 0 saturated carbocycles. The lowest BCUT2D eigenvalue weighted by Crippen LogP contribution is -2.41. The molecule has 1 aliphatic rings. The van der Waals surface area contributed by atoms with Crippen LogP contribution in [0.4, 0.5) is 28.8 Å². The minimum Gasteiger partial charge on any atom is -0.494 e. The number of aromatic nitrogens is 4. The molecule has 1 fully saturated rings. The Morgan fingerprint density at radius 2 is 1.90 bits per heavy atom. The van der Waals surface area contributed by atoms with Crippen molar-refractivity contribution in [3.63, 3.8) is 0 Å². The van der Waals surface area contributed by atoms with Crippen LogP contribution in [0.2, 0.25) is 0 Å². The third kappa shape index (κ3) is 5.86. The molecule has 0 radical (unpaired) electrons. The zero-order valence-electron chi connectivity index (χ0n) is 22.9. The summed E-state index contributed by atoms with van der Waals surface area (Å²) in [5.74, 6) is 1.37. The first-order valence-electron chi connectivity index (χ1n) is 13.0. The number of ether oxygens (including phenoxy) is 1. The molecule has 0 atom stereocenters. The maximum atomic E-state index is 12.9. The van der Waals surface area contributed by atoms with E-state index in [0.29, 0.717) is 39.2 Å². The zero-order valence-corrected chi connectivity index (χ0v) is 25.3. The van der Waals surface area contributed by atoms with Gasteiger partial charge in [0.25, 0.3) is 0 Å². The summed E-state index contributed by atoms with van der Waals surface area (Å²) in [5.41, 5.74) is 2.87. The van der Waals surface area contributed by atoms with Crippen molar-refractivity contribution in [3.8, 4) is 5.75 Å². The zero-order chi connectivity index (χ0) is 28.4. The predicted molar refractivity (Wildman–Crippen MR) is 162 cm³/mol. The van der Waals surface area contributed by atoms with Gasteiger partial charge in [-0.1, -0.05) is 6.92 Å². The Labute approximate surface area is 242 Å². The van der Waals surface area contributed by atoms with Gasteiger partial charge in [-0.05, 0) is 67.1 Å². The maximum absolute atomic E-state index is 12.9. The Morgan fingerprint density at radius 3 is 2.60 bits per heavy atom. The second-order valence-corrected chi connectivity index (χ2v) is 13.0. The van der Waals surface area contributed by atoms with Crippen molar-refractivity contribution < 1.29 is 13.2 Å². The van der Waals surface area contributed by atoms with Crippen molar-refractivity contribution >= 4 is 65.5 Å². The van der Waals surface area contributed by atoms with Gasteiger partial charge in [0.2, 0.25) is 5.95 Å². The molecule has 40 heavy (non-hydrogen) atoms. The molecule has 2 aromatic carbocycles. The number of piperidine rings is 1. The van der Waals surface area contributed by atoms with Gasteiger partial charge in [-0.15, -0.1) is 0 Å². The molecule has 0 amide bonds. The standard InChI is InChI=1S/C27H33BrN8O3S/c1-5-40(37,38)25-14-22-17(15-30-34-22)12-23(25)31-26-20(28)16-29-27(33-26)32-21-7-6-19(13-24(21)39-4)36-10-8-18(9-11-36)35(2)3/h6-7,12-16,18H,5,8-11H2,1-4H3,(H,30,34)(H2,29,31,32,33). The molecule has 11 nitrogen and oxygen atoms in total. The minimum atomic E-state index is -3.53. The number of methoxy groups -OCH3 is 1. The van der Waals surface area contributed by atoms with Gasteiger partial charge in [-0.2, -0.15) is 10.1 Å². The normalized spacial score (nSPS) is 14.6. The van der Waals surface area contributed by atoms with Crippen LogP contribution in [0.5, 0.6) is 5.75 Å². The van der Waals surface area contributed by atoms with Crippen LogP contribution in [-0.2, 0) is 9.84 Å². The SMILES string of the molecule is CCS(=O)(=O)c1cc2[nH]ncc2cc1Nc1nc(Nc2ccc(N3CCC(N(C)C)CC3)cc2OC)ncc1Br. The fourth-order valence-electron chi connectivity index (χ4n) is 4.87. The Bertz CT molecular complexity index is 1620. The molecule has 0 bridgehead atoms. The number of fused-ring (bicyclic) bond motifs is 1. The van der Waals surface area contributed by atoms with Gasteiger partial charge in [0.05, 0.1) is 45.3 Å². The molecule has 3 N–H and O–H groups in total. The molecule has 3 heterocycles. The number of aromatic amines is 1. The molecular weight excluding hydrogens is 596 g/mol. The lowest BCUT2D eigenvalue weighted by atomic mass is 10.0. The molecule has 13 heteroatoms. The third-order valence-corrected chi connectivity index (χ3v) is 9.59. The number of H-pyrrole nitrogens is 1. The van der Waals surface area contributed by atoms with Crippen LogP contribution in [0.1, 0.15) is 19.8 Å².